The topological polar surface area (TPSA) is 66.9 Å². The summed E-state index contributed by atoms with van der Waals surface area (Å²) in [7, 11) is 1.23. The van der Waals surface area contributed by atoms with Crippen molar-refractivity contribution in [1.29, 1.82) is 0 Å². The van der Waals surface area contributed by atoms with E-state index in [4.69, 9.17) is 0 Å². The number of benzene rings is 1. The van der Waals surface area contributed by atoms with Gasteiger partial charge < -0.3 is 9.64 Å². The number of anilines is 1. The maximum atomic E-state index is 12.4. The standard InChI is InChI=1S/C19H22N2O4S/c1-13-10-15(20-8-4-3-5-9-20)7-6-14(13)11-16-18(23)21(19(24)26-16)12-17(22)25-2/h6-7,10-11H,3-5,8-9,12H2,1-2H3/b16-11-. The molecule has 2 aliphatic heterocycles. The highest BCUT2D eigenvalue weighted by atomic mass is 32.2. The Bertz CT molecular complexity index is 769. The van der Waals surface area contributed by atoms with Crippen molar-refractivity contribution >= 4 is 40.6 Å². The minimum absolute atomic E-state index is 0.327. The molecule has 0 bridgehead atoms. The molecule has 0 N–H and O–H groups in total. The smallest absolute Gasteiger partial charge is 0.325 e. The fourth-order valence-electron chi connectivity index (χ4n) is 3.14. The lowest BCUT2D eigenvalue weighted by Crippen LogP contribution is -2.34. The van der Waals surface area contributed by atoms with E-state index in [0.717, 1.165) is 40.9 Å². The zero-order valence-corrected chi connectivity index (χ0v) is 15.8. The highest BCUT2D eigenvalue weighted by Gasteiger charge is 2.36. The molecular weight excluding hydrogens is 352 g/mol. The van der Waals surface area contributed by atoms with Crippen molar-refractivity contribution in [3.63, 3.8) is 0 Å². The summed E-state index contributed by atoms with van der Waals surface area (Å²) < 4.78 is 4.53. The SMILES string of the molecule is COC(=O)CN1C(=O)S/C(=C\c2ccc(N3CCCCC3)cc2C)C1=O. The lowest BCUT2D eigenvalue weighted by molar-refractivity contribution is -0.143. The van der Waals surface area contributed by atoms with Crippen LogP contribution in [0.4, 0.5) is 10.5 Å². The molecule has 7 heteroatoms. The Morgan fingerprint density at radius 1 is 1.23 bits per heavy atom. The number of nitrogens with zero attached hydrogens (tertiary/aromatic N) is 2. The number of carbonyl (C=O) groups excluding carboxylic acids is 3. The maximum absolute atomic E-state index is 12.4. The predicted octanol–water partition coefficient (Wildman–Crippen LogP) is 3.19. The Kier molecular flexibility index (Phi) is 5.66. The molecule has 3 rings (SSSR count). The largest absolute Gasteiger partial charge is 0.468 e. The predicted molar refractivity (Wildman–Crippen MR) is 102 cm³/mol. The van der Waals surface area contributed by atoms with Crippen molar-refractivity contribution in [2.24, 2.45) is 0 Å². The first kappa shape index (κ1) is 18.5. The van der Waals surface area contributed by atoms with E-state index in [-0.39, 0.29) is 6.54 Å². The highest BCUT2D eigenvalue weighted by molar-refractivity contribution is 8.18. The first-order valence-corrected chi connectivity index (χ1v) is 9.49. The summed E-state index contributed by atoms with van der Waals surface area (Å²) in [4.78, 5) is 39.4. The number of hydrogen-bond donors (Lipinski definition) is 0. The average molecular weight is 374 g/mol. The quantitative estimate of drug-likeness (QED) is 0.596. The number of carbonyl (C=O) groups is 3. The molecule has 0 saturated carbocycles. The molecule has 2 fully saturated rings. The molecule has 0 aromatic heterocycles. The van der Waals surface area contributed by atoms with Crippen LogP contribution < -0.4 is 4.90 Å². The van der Waals surface area contributed by atoms with E-state index < -0.39 is 17.1 Å². The molecule has 2 amide bonds. The van der Waals surface area contributed by atoms with Crippen molar-refractivity contribution in [2.45, 2.75) is 26.2 Å². The normalized spacial score (nSPS) is 19.4. The first-order chi connectivity index (χ1) is 12.5. The van der Waals surface area contributed by atoms with Crippen LogP contribution in [0.1, 0.15) is 30.4 Å². The lowest BCUT2D eigenvalue weighted by Gasteiger charge is -2.29. The summed E-state index contributed by atoms with van der Waals surface area (Å²) in [6.07, 6.45) is 5.44. The number of esters is 1. The zero-order chi connectivity index (χ0) is 18.7. The van der Waals surface area contributed by atoms with Gasteiger partial charge in [0.1, 0.15) is 6.54 Å². The number of hydrogen-bond acceptors (Lipinski definition) is 6. The molecule has 1 aromatic carbocycles. The van der Waals surface area contributed by atoms with Crippen LogP contribution in [0, 0.1) is 6.92 Å². The van der Waals surface area contributed by atoms with Gasteiger partial charge in [-0.15, -0.1) is 0 Å². The van der Waals surface area contributed by atoms with Gasteiger partial charge in [-0.3, -0.25) is 19.3 Å². The monoisotopic (exact) mass is 374 g/mol. The molecule has 6 nitrogen and oxygen atoms in total. The number of aryl methyl sites for hydroxylation is 1. The number of rotatable bonds is 4. The van der Waals surface area contributed by atoms with Gasteiger partial charge in [0.15, 0.2) is 0 Å². The number of methoxy groups -OCH3 is 1. The van der Waals surface area contributed by atoms with Crippen LogP contribution in [0.15, 0.2) is 23.1 Å². The fraction of sp³-hybridized carbons (Fsp3) is 0.421. The molecule has 0 atom stereocenters. The van der Waals surface area contributed by atoms with Crippen LogP contribution >= 0.6 is 11.8 Å². The summed E-state index contributed by atoms with van der Waals surface area (Å²) in [6.45, 7) is 3.79. The number of ether oxygens (including phenoxy) is 1. The lowest BCUT2D eigenvalue weighted by atomic mass is 10.0. The van der Waals surface area contributed by atoms with Crippen molar-refractivity contribution in [2.75, 3.05) is 31.6 Å². The van der Waals surface area contributed by atoms with Gasteiger partial charge in [0.25, 0.3) is 11.1 Å². The molecule has 0 radical (unpaired) electrons. The third kappa shape index (κ3) is 3.93. The van der Waals surface area contributed by atoms with Crippen LogP contribution in [0.25, 0.3) is 6.08 Å². The third-order valence-corrected chi connectivity index (χ3v) is 5.56. The molecule has 1 aromatic rings. The van der Waals surface area contributed by atoms with Gasteiger partial charge in [-0.25, -0.2) is 0 Å². The van der Waals surface area contributed by atoms with Crippen LogP contribution in [0.3, 0.4) is 0 Å². The summed E-state index contributed by atoms with van der Waals surface area (Å²) >= 11 is 0.850. The Morgan fingerprint density at radius 2 is 1.96 bits per heavy atom. The van der Waals surface area contributed by atoms with Gasteiger partial charge >= 0.3 is 5.97 Å². The molecule has 0 aliphatic carbocycles. The summed E-state index contributed by atoms with van der Waals surface area (Å²) in [5.41, 5.74) is 3.14. The Morgan fingerprint density at radius 3 is 2.62 bits per heavy atom. The van der Waals surface area contributed by atoms with Crippen LogP contribution in [-0.2, 0) is 14.3 Å². The Labute approximate surface area is 157 Å². The van der Waals surface area contributed by atoms with E-state index >= 15 is 0 Å². The molecule has 2 heterocycles. The minimum Gasteiger partial charge on any atom is -0.468 e. The summed E-state index contributed by atoms with van der Waals surface area (Å²) in [5.74, 6) is -1.07. The van der Waals surface area contributed by atoms with Gasteiger partial charge in [-0.1, -0.05) is 6.07 Å². The van der Waals surface area contributed by atoms with Gasteiger partial charge in [-0.05, 0) is 67.3 Å². The Hall–Kier alpha value is -2.28. The van der Waals surface area contributed by atoms with E-state index in [1.807, 2.05) is 13.0 Å². The number of amides is 2. The Balaban J connectivity index is 1.78. The van der Waals surface area contributed by atoms with E-state index in [1.54, 1.807) is 6.08 Å². The average Bonchev–Trinajstić information content (AvgIpc) is 2.91. The van der Waals surface area contributed by atoms with E-state index in [0.29, 0.717) is 4.91 Å². The molecule has 0 spiro atoms. The third-order valence-electron chi connectivity index (χ3n) is 4.65. The molecule has 2 aliphatic rings. The van der Waals surface area contributed by atoms with E-state index in [1.165, 1.54) is 32.1 Å². The van der Waals surface area contributed by atoms with Gasteiger partial charge in [0.2, 0.25) is 0 Å². The molecule has 26 heavy (non-hydrogen) atoms. The number of thioether (sulfide) groups is 1. The van der Waals surface area contributed by atoms with Gasteiger partial charge in [0.05, 0.1) is 12.0 Å². The van der Waals surface area contributed by atoms with Gasteiger partial charge in [0, 0.05) is 18.8 Å². The van der Waals surface area contributed by atoms with E-state index in [9.17, 15) is 14.4 Å². The minimum atomic E-state index is -0.615. The molecular formula is C19H22N2O4S. The molecule has 2 saturated heterocycles. The second-order valence-corrected chi connectivity index (χ2v) is 7.43. The molecule has 0 unspecified atom stereocenters. The van der Waals surface area contributed by atoms with Crippen molar-refractivity contribution < 1.29 is 19.1 Å². The van der Waals surface area contributed by atoms with Crippen LogP contribution in [0.5, 0.6) is 0 Å². The van der Waals surface area contributed by atoms with Crippen molar-refractivity contribution in [1.82, 2.24) is 4.90 Å². The second kappa shape index (κ2) is 7.95. The summed E-state index contributed by atoms with van der Waals surface area (Å²) in [6, 6.07) is 6.16. The van der Waals surface area contributed by atoms with Crippen molar-refractivity contribution in [3.8, 4) is 0 Å². The second-order valence-electron chi connectivity index (χ2n) is 6.43. The van der Waals surface area contributed by atoms with E-state index in [2.05, 4.69) is 21.8 Å². The van der Waals surface area contributed by atoms with Gasteiger partial charge in [-0.2, -0.15) is 0 Å². The van der Waals surface area contributed by atoms with Crippen LogP contribution in [0.2, 0.25) is 0 Å². The molecule has 138 valence electrons. The van der Waals surface area contributed by atoms with Crippen molar-refractivity contribution in [3.05, 3.63) is 34.2 Å². The zero-order valence-electron chi connectivity index (χ0n) is 15.0. The number of imide groups is 1. The summed E-state index contributed by atoms with van der Waals surface area (Å²) in [5, 5.41) is -0.450. The fourth-order valence-corrected chi connectivity index (χ4v) is 3.97. The number of piperidine rings is 1. The highest BCUT2D eigenvalue weighted by Crippen LogP contribution is 2.33. The first-order valence-electron chi connectivity index (χ1n) is 8.67. The van der Waals surface area contributed by atoms with Crippen LogP contribution in [-0.4, -0.2) is 48.8 Å². The maximum Gasteiger partial charge on any atom is 0.325 e.